The molecule has 9 heteroatoms. The summed E-state index contributed by atoms with van der Waals surface area (Å²) in [6, 6.07) is 9.42. The average Bonchev–Trinajstić information content (AvgIpc) is 3.27. The molecule has 0 bridgehead atoms. The Kier molecular flexibility index (Phi) is 6.21. The number of aromatic amines is 1. The quantitative estimate of drug-likeness (QED) is 0.707. The molecule has 2 heterocycles. The van der Waals surface area contributed by atoms with E-state index in [1.54, 1.807) is 4.90 Å². The van der Waals surface area contributed by atoms with Crippen molar-refractivity contribution in [3.63, 3.8) is 0 Å². The molecule has 146 valence electrons. The van der Waals surface area contributed by atoms with Crippen molar-refractivity contribution in [1.82, 2.24) is 20.1 Å². The van der Waals surface area contributed by atoms with Crippen LogP contribution in [-0.4, -0.2) is 63.7 Å². The van der Waals surface area contributed by atoms with Gasteiger partial charge >= 0.3 is 0 Å². The highest BCUT2D eigenvalue weighted by molar-refractivity contribution is 7.99. The van der Waals surface area contributed by atoms with Crippen LogP contribution in [0.1, 0.15) is 26.7 Å². The fourth-order valence-electron chi connectivity index (χ4n) is 3.24. The van der Waals surface area contributed by atoms with Gasteiger partial charge in [-0.05, 0) is 19.8 Å². The molecular weight excluding hydrogens is 384 g/mol. The molecule has 2 atom stereocenters. The minimum atomic E-state index is -3.04. The van der Waals surface area contributed by atoms with E-state index in [1.807, 2.05) is 44.2 Å². The van der Waals surface area contributed by atoms with Crippen molar-refractivity contribution >= 4 is 27.5 Å². The molecule has 0 aliphatic carbocycles. The number of sulfone groups is 1. The van der Waals surface area contributed by atoms with Gasteiger partial charge in [-0.2, -0.15) is 0 Å². The Balaban J connectivity index is 1.65. The van der Waals surface area contributed by atoms with Crippen molar-refractivity contribution in [3.8, 4) is 11.4 Å². The van der Waals surface area contributed by atoms with Gasteiger partial charge in [-0.15, -0.1) is 5.10 Å². The number of carbonyl (C=O) groups is 1. The smallest absolute Gasteiger partial charge is 0.233 e. The van der Waals surface area contributed by atoms with Gasteiger partial charge in [0, 0.05) is 17.6 Å². The third kappa shape index (κ3) is 4.90. The summed E-state index contributed by atoms with van der Waals surface area (Å²) in [5.41, 5.74) is 0.931. The zero-order valence-electron chi connectivity index (χ0n) is 15.5. The van der Waals surface area contributed by atoms with Gasteiger partial charge in [0.25, 0.3) is 0 Å². The normalized spacial score (nSPS) is 19.7. The zero-order chi connectivity index (χ0) is 19.4. The number of nitrogens with zero attached hydrogens (tertiary/aromatic N) is 3. The summed E-state index contributed by atoms with van der Waals surface area (Å²) < 4.78 is 23.7. The van der Waals surface area contributed by atoms with E-state index in [0.717, 1.165) is 12.0 Å². The van der Waals surface area contributed by atoms with Crippen LogP contribution in [0.5, 0.6) is 0 Å². The molecule has 1 aliphatic heterocycles. The van der Waals surface area contributed by atoms with Gasteiger partial charge in [0.05, 0.1) is 17.3 Å². The van der Waals surface area contributed by atoms with E-state index < -0.39 is 9.84 Å². The maximum absolute atomic E-state index is 12.8. The molecule has 0 saturated carbocycles. The Labute approximate surface area is 163 Å². The van der Waals surface area contributed by atoms with Crippen LogP contribution in [0.15, 0.2) is 35.5 Å². The molecule has 0 unspecified atom stereocenters. The SMILES string of the molecule is CC[C@@H](C)N(C(=O)CSc1n[nH]c(-c2ccccc2)n1)[C@@H]1CCS(=O)(=O)C1. The molecule has 1 N–H and O–H groups in total. The van der Waals surface area contributed by atoms with Crippen molar-refractivity contribution in [3.05, 3.63) is 30.3 Å². The minimum Gasteiger partial charge on any atom is -0.335 e. The standard InChI is InChI=1S/C18H24N4O3S2/c1-3-13(2)22(15-9-10-27(24,25)12-15)16(23)11-26-18-19-17(20-21-18)14-7-5-4-6-8-14/h4-8,13,15H,3,9-12H2,1-2H3,(H,19,20,21)/t13-,15-/m1/s1. The van der Waals surface area contributed by atoms with Crippen molar-refractivity contribution in [1.29, 1.82) is 0 Å². The van der Waals surface area contributed by atoms with E-state index in [9.17, 15) is 13.2 Å². The number of H-pyrrole nitrogens is 1. The van der Waals surface area contributed by atoms with E-state index in [0.29, 0.717) is 17.4 Å². The van der Waals surface area contributed by atoms with E-state index in [2.05, 4.69) is 15.2 Å². The summed E-state index contributed by atoms with van der Waals surface area (Å²) >= 11 is 1.26. The molecule has 3 rings (SSSR count). The molecular formula is C18H24N4O3S2. The van der Waals surface area contributed by atoms with Crippen molar-refractivity contribution in [2.45, 2.75) is 43.9 Å². The number of aromatic nitrogens is 3. The Morgan fingerprint density at radius 2 is 2.11 bits per heavy atom. The molecule has 2 aromatic rings. The van der Waals surface area contributed by atoms with E-state index >= 15 is 0 Å². The van der Waals surface area contributed by atoms with Gasteiger partial charge in [0.15, 0.2) is 15.7 Å². The van der Waals surface area contributed by atoms with Gasteiger partial charge in [-0.1, -0.05) is 49.0 Å². The molecule has 1 saturated heterocycles. The minimum absolute atomic E-state index is 0.00317. The van der Waals surface area contributed by atoms with Crippen molar-refractivity contribution in [2.24, 2.45) is 0 Å². The topological polar surface area (TPSA) is 96.0 Å². The molecule has 1 aliphatic rings. The highest BCUT2D eigenvalue weighted by Crippen LogP contribution is 2.24. The van der Waals surface area contributed by atoms with Crippen LogP contribution in [0.4, 0.5) is 0 Å². The first-order valence-electron chi connectivity index (χ1n) is 9.02. The first-order chi connectivity index (χ1) is 12.9. The van der Waals surface area contributed by atoms with Crippen LogP contribution >= 0.6 is 11.8 Å². The largest absolute Gasteiger partial charge is 0.335 e. The van der Waals surface area contributed by atoms with Gasteiger partial charge in [-0.3, -0.25) is 9.89 Å². The Morgan fingerprint density at radius 1 is 1.37 bits per heavy atom. The second-order valence-electron chi connectivity index (χ2n) is 6.74. The van der Waals surface area contributed by atoms with Crippen LogP contribution in [0, 0.1) is 0 Å². The van der Waals surface area contributed by atoms with Crippen LogP contribution in [0.2, 0.25) is 0 Å². The first-order valence-corrected chi connectivity index (χ1v) is 11.8. The molecule has 1 aromatic heterocycles. The highest BCUT2D eigenvalue weighted by Gasteiger charge is 2.36. The number of carbonyl (C=O) groups excluding carboxylic acids is 1. The summed E-state index contributed by atoms with van der Waals surface area (Å²) in [4.78, 5) is 19.0. The number of hydrogen-bond donors (Lipinski definition) is 1. The fraction of sp³-hybridized carbons (Fsp3) is 0.500. The average molecular weight is 409 g/mol. The lowest BCUT2D eigenvalue weighted by atomic mass is 10.1. The molecule has 1 fully saturated rings. The Bertz CT molecular complexity index is 883. The predicted molar refractivity (Wildman–Crippen MR) is 106 cm³/mol. The van der Waals surface area contributed by atoms with Gasteiger partial charge < -0.3 is 4.90 Å². The van der Waals surface area contributed by atoms with Crippen LogP contribution in [-0.2, 0) is 14.6 Å². The van der Waals surface area contributed by atoms with Gasteiger partial charge in [0.2, 0.25) is 11.1 Å². The number of hydrogen-bond acceptors (Lipinski definition) is 6. The maximum atomic E-state index is 12.8. The molecule has 7 nitrogen and oxygen atoms in total. The highest BCUT2D eigenvalue weighted by atomic mass is 32.2. The van der Waals surface area contributed by atoms with E-state index in [-0.39, 0.29) is 35.2 Å². The van der Waals surface area contributed by atoms with E-state index in [4.69, 9.17) is 0 Å². The predicted octanol–water partition coefficient (Wildman–Crippen LogP) is 2.38. The summed E-state index contributed by atoms with van der Waals surface area (Å²) in [7, 11) is -3.04. The second-order valence-corrected chi connectivity index (χ2v) is 9.91. The van der Waals surface area contributed by atoms with Crippen LogP contribution in [0.25, 0.3) is 11.4 Å². The Hall–Kier alpha value is -1.87. The molecule has 0 radical (unpaired) electrons. The number of benzene rings is 1. The molecule has 0 spiro atoms. The van der Waals surface area contributed by atoms with Crippen LogP contribution in [0.3, 0.4) is 0 Å². The Morgan fingerprint density at radius 3 is 2.74 bits per heavy atom. The summed E-state index contributed by atoms with van der Waals surface area (Å²) in [5.74, 6) is 1.00. The lowest BCUT2D eigenvalue weighted by molar-refractivity contribution is -0.132. The lowest BCUT2D eigenvalue weighted by Crippen LogP contribution is -2.47. The monoisotopic (exact) mass is 408 g/mol. The zero-order valence-corrected chi connectivity index (χ0v) is 17.1. The second kappa shape index (κ2) is 8.43. The summed E-state index contributed by atoms with van der Waals surface area (Å²) in [6.07, 6.45) is 1.30. The summed E-state index contributed by atoms with van der Waals surface area (Å²) in [5, 5.41) is 7.56. The maximum Gasteiger partial charge on any atom is 0.233 e. The number of thioether (sulfide) groups is 1. The van der Waals surface area contributed by atoms with E-state index in [1.165, 1.54) is 11.8 Å². The molecule has 27 heavy (non-hydrogen) atoms. The van der Waals surface area contributed by atoms with Crippen molar-refractivity contribution in [2.75, 3.05) is 17.3 Å². The number of nitrogens with one attached hydrogen (secondary N) is 1. The third-order valence-corrected chi connectivity index (χ3v) is 7.37. The fourth-order valence-corrected chi connectivity index (χ4v) is 5.62. The molecule has 1 amide bonds. The summed E-state index contributed by atoms with van der Waals surface area (Å²) in [6.45, 7) is 3.97. The molecule has 1 aromatic carbocycles. The van der Waals surface area contributed by atoms with Crippen LogP contribution < -0.4 is 0 Å². The van der Waals surface area contributed by atoms with Crippen molar-refractivity contribution < 1.29 is 13.2 Å². The number of amides is 1. The third-order valence-electron chi connectivity index (χ3n) is 4.79. The first kappa shape index (κ1) is 19.9. The van der Waals surface area contributed by atoms with Gasteiger partial charge in [0.1, 0.15) is 0 Å². The van der Waals surface area contributed by atoms with Gasteiger partial charge in [-0.25, -0.2) is 13.4 Å². The number of rotatable bonds is 7. The lowest BCUT2D eigenvalue weighted by Gasteiger charge is -2.33.